The van der Waals surface area contributed by atoms with Crippen LogP contribution in [0.25, 0.3) is 10.9 Å². The van der Waals surface area contributed by atoms with E-state index in [4.69, 9.17) is 19.9 Å². The van der Waals surface area contributed by atoms with Crippen LogP contribution in [-0.4, -0.2) is 93.6 Å². The highest BCUT2D eigenvalue weighted by Crippen LogP contribution is 2.37. The van der Waals surface area contributed by atoms with Crippen molar-refractivity contribution in [3.8, 4) is 11.5 Å². The molecule has 216 valence electrons. The largest absolute Gasteiger partial charge is 0.491 e. The number of β-amino-alcohol motifs (C(OH)–C–C–N with tert-alkyl or cyclic N) is 1. The molecule has 5 heterocycles. The molecule has 3 aliphatic rings. The summed E-state index contributed by atoms with van der Waals surface area (Å²) in [7, 11) is 1.53. The average Bonchev–Trinajstić information content (AvgIpc) is 3.54. The Balaban J connectivity index is 0.00000185. The smallest absolute Gasteiger partial charge is 0.283 e. The molecule has 3 atom stereocenters. The number of nitrogens with zero attached hydrogens (tertiary/aromatic N) is 6. The van der Waals surface area contributed by atoms with Crippen molar-refractivity contribution < 1.29 is 24.1 Å². The summed E-state index contributed by atoms with van der Waals surface area (Å²) in [5, 5.41) is 14.8. The molecule has 2 aromatic heterocycles. The van der Waals surface area contributed by atoms with Crippen molar-refractivity contribution >= 4 is 53.4 Å². The molecule has 4 N–H and O–H groups in total. The summed E-state index contributed by atoms with van der Waals surface area (Å²) in [6.07, 6.45) is 4.68. The second kappa shape index (κ2) is 12.5. The lowest BCUT2D eigenvalue weighted by atomic mass is 10.2. The SMILES string of the molecule is COc1c(OC[C@@H](O)CN2CC3CCC(C2)O3)ccc2c3n(c(=NC(=O)c4cnc(N)nc4)nc12)CCN3.Cl.Cl. The highest BCUT2D eigenvalue weighted by Gasteiger charge is 2.34. The van der Waals surface area contributed by atoms with Crippen LogP contribution in [0, 0.1) is 0 Å². The van der Waals surface area contributed by atoms with Crippen molar-refractivity contribution in [2.45, 2.75) is 37.7 Å². The molecule has 1 amide bonds. The van der Waals surface area contributed by atoms with Gasteiger partial charge in [-0.05, 0) is 25.0 Å². The number of aliphatic hydroxyl groups excluding tert-OH is 1. The Kier molecular flexibility index (Phi) is 9.31. The molecular formula is C25H32Cl2N8O5. The number of methoxy groups -OCH3 is 1. The summed E-state index contributed by atoms with van der Waals surface area (Å²) in [6.45, 7) is 3.54. The number of aromatic nitrogens is 4. The zero-order valence-corrected chi connectivity index (χ0v) is 23.5. The number of likely N-dealkylation sites (tertiary alicyclic amines) is 1. The van der Waals surface area contributed by atoms with Gasteiger partial charge >= 0.3 is 0 Å². The number of rotatable bonds is 7. The molecule has 0 radical (unpaired) electrons. The van der Waals surface area contributed by atoms with E-state index in [-0.39, 0.29) is 60.8 Å². The Bertz CT molecular complexity index is 1430. The van der Waals surface area contributed by atoms with Gasteiger partial charge in [-0.2, -0.15) is 4.99 Å². The molecule has 2 bridgehead atoms. The Morgan fingerprint density at radius 1 is 1.25 bits per heavy atom. The molecule has 0 saturated carbocycles. The fourth-order valence-corrected chi connectivity index (χ4v) is 5.33. The van der Waals surface area contributed by atoms with Crippen LogP contribution < -0.4 is 26.1 Å². The number of ether oxygens (including phenoxy) is 3. The van der Waals surface area contributed by atoms with Gasteiger partial charge in [-0.25, -0.2) is 15.0 Å². The maximum absolute atomic E-state index is 12.8. The first-order valence-electron chi connectivity index (χ1n) is 12.7. The summed E-state index contributed by atoms with van der Waals surface area (Å²) in [6, 6.07) is 3.69. The first-order chi connectivity index (χ1) is 18.5. The molecule has 2 unspecified atom stereocenters. The van der Waals surface area contributed by atoms with E-state index < -0.39 is 12.0 Å². The normalized spacial score (nSPS) is 20.7. The lowest BCUT2D eigenvalue weighted by Crippen LogP contribution is -2.46. The molecule has 6 rings (SSSR count). The predicted molar refractivity (Wildman–Crippen MR) is 151 cm³/mol. The van der Waals surface area contributed by atoms with Crippen LogP contribution in [0.5, 0.6) is 11.5 Å². The Hall–Kier alpha value is -3.23. The number of fused-ring (bicyclic) bond motifs is 5. The van der Waals surface area contributed by atoms with E-state index in [0.29, 0.717) is 36.6 Å². The molecular weight excluding hydrogens is 563 g/mol. The van der Waals surface area contributed by atoms with E-state index in [1.54, 1.807) is 6.07 Å². The number of anilines is 2. The van der Waals surface area contributed by atoms with Crippen molar-refractivity contribution in [3.05, 3.63) is 35.7 Å². The second-order valence-corrected chi connectivity index (χ2v) is 9.72. The number of amides is 1. The van der Waals surface area contributed by atoms with Gasteiger partial charge in [0.1, 0.15) is 24.0 Å². The number of carbonyl (C=O) groups excluding carboxylic acids is 1. The van der Waals surface area contributed by atoms with Crippen LogP contribution in [0.1, 0.15) is 23.2 Å². The van der Waals surface area contributed by atoms with Crippen molar-refractivity contribution in [2.75, 3.05) is 50.9 Å². The number of halogens is 2. The van der Waals surface area contributed by atoms with Crippen molar-refractivity contribution in [2.24, 2.45) is 4.99 Å². The van der Waals surface area contributed by atoms with Crippen LogP contribution in [0.15, 0.2) is 29.5 Å². The molecule has 0 aliphatic carbocycles. The summed E-state index contributed by atoms with van der Waals surface area (Å²) in [5.74, 6) is 1.16. The van der Waals surface area contributed by atoms with Crippen LogP contribution in [0.4, 0.5) is 11.8 Å². The molecule has 3 aliphatic heterocycles. The number of morpholine rings is 1. The fraction of sp³-hybridized carbons (Fsp3) is 0.480. The van der Waals surface area contributed by atoms with Gasteiger partial charge in [-0.3, -0.25) is 14.3 Å². The standard InChI is InChI=1S/C25H30N8O5.2ClH/c1-36-21-19(37-13-15(34)10-32-11-16-2-3-17(12-32)38-16)5-4-18-20(21)30-25(33-7-6-27-22(18)33)31-23(35)14-8-28-24(26)29-9-14;;/h4-5,8-9,15-17,27,34H,2-3,6-7,10-13H2,1H3,(H2,26,28,29);2*1H/t15-,16?,17?;;/m0../s1. The van der Waals surface area contributed by atoms with E-state index in [1.807, 2.05) is 10.6 Å². The van der Waals surface area contributed by atoms with Gasteiger partial charge in [0, 0.05) is 50.5 Å². The molecule has 2 fully saturated rings. The molecule has 1 aromatic carbocycles. The summed E-state index contributed by atoms with van der Waals surface area (Å²) >= 11 is 0. The monoisotopic (exact) mass is 594 g/mol. The van der Waals surface area contributed by atoms with Crippen molar-refractivity contribution in [1.82, 2.24) is 24.4 Å². The molecule has 0 spiro atoms. The van der Waals surface area contributed by atoms with Gasteiger partial charge in [0.25, 0.3) is 5.91 Å². The minimum Gasteiger partial charge on any atom is -0.491 e. The fourth-order valence-electron chi connectivity index (χ4n) is 5.33. The number of hydrogen-bond donors (Lipinski definition) is 3. The molecule has 3 aromatic rings. The average molecular weight is 595 g/mol. The maximum atomic E-state index is 12.8. The number of hydrogen-bond acceptors (Lipinski definition) is 11. The quantitative estimate of drug-likeness (QED) is 0.358. The van der Waals surface area contributed by atoms with Gasteiger partial charge < -0.3 is 30.4 Å². The predicted octanol–water partition coefficient (Wildman–Crippen LogP) is 1.03. The number of carbonyl (C=O) groups is 1. The van der Waals surface area contributed by atoms with E-state index >= 15 is 0 Å². The lowest BCUT2D eigenvalue weighted by molar-refractivity contribution is -0.0529. The minimum atomic E-state index is -0.677. The summed E-state index contributed by atoms with van der Waals surface area (Å²) < 4.78 is 19.4. The Morgan fingerprint density at radius 2 is 1.98 bits per heavy atom. The number of nitrogens with two attached hydrogens (primary N) is 1. The zero-order chi connectivity index (χ0) is 26.2. The first kappa shape index (κ1) is 29.7. The van der Waals surface area contributed by atoms with E-state index in [2.05, 4.69) is 30.2 Å². The molecule has 15 heteroatoms. The molecule has 2 saturated heterocycles. The van der Waals surface area contributed by atoms with Crippen LogP contribution >= 0.6 is 24.8 Å². The first-order valence-corrected chi connectivity index (χ1v) is 12.7. The number of aliphatic hydroxyl groups is 1. The van der Waals surface area contributed by atoms with Crippen LogP contribution in [0.2, 0.25) is 0 Å². The highest BCUT2D eigenvalue weighted by atomic mass is 35.5. The van der Waals surface area contributed by atoms with Gasteiger partial charge in [0.15, 0.2) is 11.5 Å². The van der Waals surface area contributed by atoms with Gasteiger partial charge in [-0.1, -0.05) is 0 Å². The Labute approximate surface area is 242 Å². The lowest BCUT2D eigenvalue weighted by Gasteiger charge is -2.33. The number of nitrogens with one attached hydrogen (secondary N) is 1. The van der Waals surface area contributed by atoms with E-state index in [9.17, 15) is 9.90 Å². The minimum absolute atomic E-state index is 0. The van der Waals surface area contributed by atoms with Crippen LogP contribution in [-0.2, 0) is 11.3 Å². The molecule has 13 nitrogen and oxygen atoms in total. The number of benzene rings is 1. The zero-order valence-electron chi connectivity index (χ0n) is 21.9. The summed E-state index contributed by atoms with van der Waals surface area (Å²) in [4.78, 5) is 31.7. The highest BCUT2D eigenvalue weighted by molar-refractivity contribution is 5.96. The van der Waals surface area contributed by atoms with E-state index in [1.165, 1.54) is 19.5 Å². The third-order valence-corrected chi connectivity index (χ3v) is 7.05. The Morgan fingerprint density at radius 3 is 2.67 bits per heavy atom. The van der Waals surface area contributed by atoms with Crippen LogP contribution in [0.3, 0.4) is 0 Å². The van der Waals surface area contributed by atoms with Gasteiger partial charge in [0.2, 0.25) is 11.6 Å². The second-order valence-electron chi connectivity index (χ2n) is 9.72. The summed E-state index contributed by atoms with van der Waals surface area (Å²) in [5.41, 5.74) is 6.44. The third kappa shape index (κ3) is 5.93. The number of nitrogen functional groups attached to an aromatic ring is 1. The van der Waals surface area contributed by atoms with E-state index in [0.717, 1.165) is 37.1 Å². The third-order valence-electron chi connectivity index (χ3n) is 7.05. The maximum Gasteiger partial charge on any atom is 0.283 e. The van der Waals surface area contributed by atoms with Gasteiger partial charge in [0.05, 0.1) is 24.9 Å². The topological polar surface area (TPSA) is 162 Å². The van der Waals surface area contributed by atoms with Crippen molar-refractivity contribution in [3.63, 3.8) is 0 Å². The molecule has 40 heavy (non-hydrogen) atoms. The van der Waals surface area contributed by atoms with Crippen molar-refractivity contribution in [1.29, 1.82) is 0 Å². The van der Waals surface area contributed by atoms with Gasteiger partial charge in [-0.15, -0.1) is 24.8 Å².